The molecule has 128 valence electrons. The second-order valence-electron chi connectivity index (χ2n) is 6.13. The molecule has 3 rings (SSSR count). The molecule has 1 atom stereocenters. The van der Waals surface area contributed by atoms with Gasteiger partial charge in [0.15, 0.2) is 11.5 Å². The minimum absolute atomic E-state index is 0.260. The van der Waals surface area contributed by atoms with Crippen molar-refractivity contribution in [3.05, 3.63) is 52.6 Å². The zero-order chi connectivity index (χ0) is 17.1. The predicted octanol–water partition coefficient (Wildman–Crippen LogP) is 3.30. The van der Waals surface area contributed by atoms with Crippen LogP contribution in [0.5, 0.6) is 17.2 Å². The Labute approximate surface area is 143 Å². The molecular formula is C20H25NO3. The summed E-state index contributed by atoms with van der Waals surface area (Å²) in [4.78, 5) is 0. The fraction of sp³-hybridized carbons (Fsp3) is 0.400. The first-order valence-corrected chi connectivity index (χ1v) is 8.28. The van der Waals surface area contributed by atoms with Crippen LogP contribution in [0, 0.1) is 6.92 Å². The van der Waals surface area contributed by atoms with Crippen molar-refractivity contribution < 1.29 is 14.2 Å². The van der Waals surface area contributed by atoms with Crippen LogP contribution in [0.1, 0.15) is 28.2 Å². The van der Waals surface area contributed by atoms with E-state index in [0.29, 0.717) is 11.5 Å². The van der Waals surface area contributed by atoms with Crippen LogP contribution in [0.15, 0.2) is 30.3 Å². The molecule has 0 fully saturated rings. The smallest absolute Gasteiger partial charge is 0.203 e. The van der Waals surface area contributed by atoms with E-state index in [1.54, 1.807) is 21.3 Å². The van der Waals surface area contributed by atoms with E-state index in [-0.39, 0.29) is 5.92 Å². The number of rotatable bonds is 4. The standard InChI is InChI=1S/C20H25NO3/c1-13-6-5-7-14(10-13)17-12-21-9-8-15-16(17)11-18(22-2)20(24-4)19(15)23-3/h5-7,10-11,17,21H,8-9,12H2,1-4H3. The van der Waals surface area contributed by atoms with Crippen molar-refractivity contribution in [3.63, 3.8) is 0 Å². The Morgan fingerprint density at radius 3 is 2.46 bits per heavy atom. The van der Waals surface area contributed by atoms with E-state index >= 15 is 0 Å². The van der Waals surface area contributed by atoms with Crippen LogP contribution in [0.2, 0.25) is 0 Å². The Morgan fingerprint density at radius 2 is 1.79 bits per heavy atom. The van der Waals surface area contributed by atoms with Crippen molar-refractivity contribution in [2.24, 2.45) is 0 Å². The molecule has 0 saturated carbocycles. The summed E-state index contributed by atoms with van der Waals surface area (Å²) in [5, 5.41) is 3.55. The van der Waals surface area contributed by atoms with Gasteiger partial charge >= 0.3 is 0 Å². The van der Waals surface area contributed by atoms with Crippen LogP contribution in [-0.2, 0) is 6.42 Å². The first-order chi connectivity index (χ1) is 11.7. The monoisotopic (exact) mass is 327 g/mol. The third-order valence-corrected chi connectivity index (χ3v) is 4.69. The molecule has 2 aromatic carbocycles. The Bertz CT molecular complexity index is 727. The number of methoxy groups -OCH3 is 3. The summed E-state index contributed by atoms with van der Waals surface area (Å²) < 4.78 is 16.8. The first kappa shape index (κ1) is 16.7. The van der Waals surface area contributed by atoms with Crippen molar-refractivity contribution >= 4 is 0 Å². The third-order valence-electron chi connectivity index (χ3n) is 4.69. The topological polar surface area (TPSA) is 39.7 Å². The first-order valence-electron chi connectivity index (χ1n) is 8.28. The van der Waals surface area contributed by atoms with Crippen molar-refractivity contribution in [3.8, 4) is 17.2 Å². The van der Waals surface area contributed by atoms with Gasteiger partial charge in [-0.25, -0.2) is 0 Å². The number of aryl methyl sites for hydroxylation is 1. The van der Waals surface area contributed by atoms with E-state index in [9.17, 15) is 0 Å². The molecule has 0 aliphatic carbocycles. The Hall–Kier alpha value is -2.20. The Balaban J connectivity index is 2.21. The van der Waals surface area contributed by atoms with Crippen LogP contribution in [0.25, 0.3) is 0 Å². The lowest BCUT2D eigenvalue weighted by Crippen LogP contribution is -2.20. The van der Waals surface area contributed by atoms with Gasteiger partial charge in [0.05, 0.1) is 21.3 Å². The molecule has 1 aliphatic heterocycles. The predicted molar refractivity (Wildman–Crippen MR) is 95.7 cm³/mol. The van der Waals surface area contributed by atoms with E-state index in [4.69, 9.17) is 14.2 Å². The quantitative estimate of drug-likeness (QED) is 0.935. The summed E-state index contributed by atoms with van der Waals surface area (Å²) in [6.07, 6.45) is 0.904. The summed E-state index contributed by atoms with van der Waals surface area (Å²) in [7, 11) is 5.01. The molecule has 4 heteroatoms. The van der Waals surface area contributed by atoms with E-state index < -0.39 is 0 Å². The van der Waals surface area contributed by atoms with Crippen LogP contribution in [0.4, 0.5) is 0 Å². The van der Waals surface area contributed by atoms with Crippen molar-refractivity contribution in [1.29, 1.82) is 0 Å². The van der Waals surface area contributed by atoms with Gasteiger partial charge < -0.3 is 19.5 Å². The lowest BCUT2D eigenvalue weighted by molar-refractivity contribution is 0.321. The van der Waals surface area contributed by atoms with Crippen molar-refractivity contribution in [2.45, 2.75) is 19.3 Å². The lowest BCUT2D eigenvalue weighted by Gasteiger charge is -2.23. The van der Waals surface area contributed by atoms with E-state index in [0.717, 1.165) is 25.3 Å². The number of hydrogen-bond donors (Lipinski definition) is 1. The van der Waals surface area contributed by atoms with Gasteiger partial charge in [0.1, 0.15) is 0 Å². The molecule has 4 nitrogen and oxygen atoms in total. The molecule has 0 bridgehead atoms. The Kier molecular flexibility index (Phi) is 4.95. The maximum Gasteiger partial charge on any atom is 0.203 e. The van der Waals surface area contributed by atoms with Gasteiger partial charge in [-0.05, 0) is 37.1 Å². The largest absolute Gasteiger partial charge is 0.493 e. The number of fused-ring (bicyclic) bond motifs is 1. The molecule has 1 aliphatic rings. The second kappa shape index (κ2) is 7.14. The highest BCUT2D eigenvalue weighted by Crippen LogP contribution is 2.45. The zero-order valence-electron chi connectivity index (χ0n) is 14.8. The Morgan fingerprint density at radius 1 is 1.00 bits per heavy atom. The maximum absolute atomic E-state index is 5.71. The van der Waals surface area contributed by atoms with Gasteiger partial charge in [0.25, 0.3) is 0 Å². The lowest BCUT2D eigenvalue weighted by atomic mass is 9.86. The highest BCUT2D eigenvalue weighted by Gasteiger charge is 2.27. The summed E-state index contributed by atoms with van der Waals surface area (Å²) in [6, 6.07) is 10.8. The fourth-order valence-electron chi connectivity index (χ4n) is 3.56. The number of nitrogens with one attached hydrogen (secondary N) is 1. The molecule has 0 radical (unpaired) electrons. The van der Waals surface area contributed by atoms with E-state index in [1.807, 2.05) is 0 Å². The van der Waals surface area contributed by atoms with Gasteiger partial charge in [0.2, 0.25) is 5.75 Å². The van der Waals surface area contributed by atoms with E-state index in [1.165, 1.54) is 22.3 Å². The average Bonchev–Trinajstić information content (AvgIpc) is 2.82. The van der Waals surface area contributed by atoms with Crippen molar-refractivity contribution in [1.82, 2.24) is 5.32 Å². The number of ether oxygens (including phenoxy) is 3. The molecule has 0 spiro atoms. The molecule has 0 amide bonds. The summed E-state index contributed by atoms with van der Waals surface area (Å²) in [5.74, 6) is 2.43. The minimum Gasteiger partial charge on any atom is -0.493 e. The van der Waals surface area contributed by atoms with Crippen LogP contribution in [0.3, 0.4) is 0 Å². The highest BCUT2D eigenvalue weighted by atomic mass is 16.5. The molecule has 1 N–H and O–H groups in total. The van der Waals surface area contributed by atoms with Gasteiger partial charge in [-0.3, -0.25) is 0 Å². The summed E-state index contributed by atoms with van der Waals surface area (Å²) >= 11 is 0. The van der Waals surface area contributed by atoms with Gasteiger partial charge in [-0.15, -0.1) is 0 Å². The van der Waals surface area contributed by atoms with Gasteiger partial charge in [-0.2, -0.15) is 0 Å². The number of hydrogen-bond acceptors (Lipinski definition) is 4. The highest BCUT2D eigenvalue weighted by molar-refractivity contribution is 5.61. The molecule has 24 heavy (non-hydrogen) atoms. The van der Waals surface area contributed by atoms with Crippen LogP contribution < -0.4 is 19.5 Å². The molecule has 1 heterocycles. The van der Waals surface area contributed by atoms with Crippen LogP contribution in [-0.4, -0.2) is 34.4 Å². The molecule has 0 saturated heterocycles. The SMILES string of the molecule is COc1cc2c(c(OC)c1OC)CCNCC2c1cccc(C)c1. The normalized spacial score (nSPS) is 16.9. The van der Waals surface area contributed by atoms with Crippen molar-refractivity contribution in [2.75, 3.05) is 34.4 Å². The third kappa shape index (κ3) is 2.94. The zero-order valence-corrected chi connectivity index (χ0v) is 14.8. The molecule has 1 unspecified atom stereocenters. The molecular weight excluding hydrogens is 302 g/mol. The van der Waals surface area contributed by atoms with Gasteiger partial charge in [0, 0.05) is 18.0 Å². The summed E-state index contributed by atoms with van der Waals surface area (Å²) in [6.45, 7) is 3.94. The van der Waals surface area contributed by atoms with Gasteiger partial charge in [-0.1, -0.05) is 29.8 Å². The van der Waals surface area contributed by atoms with E-state index in [2.05, 4.69) is 42.6 Å². The second-order valence-corrected chi connectivity index (χ2v) is 6.13. The summed E-state index contributed by atoms with van der Waals surface area (Å²) in [5.41, 5.74) is 5.03. The minimum atomic E-state index is 0.260. The maximum atomic E-state index is 5.71. The van der Waals surface area contributed by atoms with Crippen LogP contribution >= 0.6 is 0 Å². The average molecular weight is 327 g/mol. The fourth-order valence-corrected chi connectivity index (χ4v) is 3.56. The molecule has 2 aromatic rings. The molecule has 0 aromatic heterocycles. The number of benzene rings is 2.